The van der Waals surface area contributed by atoms with E-state index in [0.29, 0.717) is 18.7 Å². The fourth-order valence-corrected chi connectivity index (χ4v) is 4.28. The number of benzene rings is 1. The van der Waals surface area contributed by atoms with E-state index in [1.807, 2.05) is 6.08 Å². The Labute approximate surface area is 158 Å². The van der Waals surface area contributed by atoms with Crippen LogP contribution in [0.15, 0.2) is 47.2 Å². The summed E-state index contributed by atoms with van der Waals surface area (Å²) in [6.07, 6.45) is 2.95. The fourth-order valence-electron chi connectivity index (χ4n) is 4.28. The predicted octanol–water partition coefficient (Wildman–Crippen LogP) is 2.96. The summed E-state index contributed by atoms with van der Waals surface area (Å²) in [6.45, 7) is 4.28. The summed E-state index contributed by atoms with van der Waals surface area (Å²) in [5.74, 6) is -1.20. The molecule has 0 amide bonds. The summed E-state index contributed by atoms with van der Waals surface area (Å²) in [4.78, 5) is 2.24. The van der Waals surface area contributed by atoms with Crippen LogP contribution in [0.4, 0.5) is 4.39 Å². The lowest BCUT2D eigenvalue weighted by Crippen LogP contribution is -2.48. The molecule has 2 N–H and O–H groups in total. The number of hydrogen-bond donors (Lipinski definition) is 1. The molecule has 3 rings (SSSR count). The van der Waals surface area contributed by atoms with Gasteiger partial charge in [0.15, 0.2) is 5.41 Å². The first-order chi connectivity index (χ1) is 13.0. The first-order valence-corrected chi connectivity index (χ1v) is 8.93. The molecule has 136 valence electrons. The minimum absolute atomic E-state index is 0.00392. The van der Waals surface area contributed by atoms with Crippen molar-refractivity contribution in [2.45, 2.75) is 19.3 Å². The largest absolute Gasteiger partial charge is 0.399 e. The Bertz CT molecular complexity index is 909. The average Bonchev–Trinajstić information content (AvgIpc) is 2.68. The number of hydrogen-bond acceptors (Lipinski definition) is 5. The zero-order valence-corrected chi connectivity index (χ0v) is 15.1. The smallest absolute Gasteiger partial charge is 0.191 e. The molecule has 1 aliphatic carbocycles. The minimum Gasteiger partial charge on any atom is -0.399 e. The third-order valence-electron chi connectivity index (χ3n) is 5.51. The Kier molecular flexibility index (Phi) is 5.00. The number of rotatable bonds is 3. The summed E-state index contributed by atoms with van der Waals surface area (Å²) in [7, 11) is 0. The van der Waals surface area contributed by atoms with Gasteiger partial charge >= 0.3 is 0 Å². The van der Waals surface area contributed by atoms with Crippen LogP contribution in [0.3, 0.4) is 0 Å². The Morgan fingerprint density at radius 2 is 1.89 bits per heavy atom. The second-order valence-electron chi connectivity index (χ2n) is 6.99. The maximum absolute atomic E-state index is 13.5. The molecule has 1 aromatic carbocycles. The van der Waals surface area contributed by atoms with Gasteiger partial charge in [-0.15, -0.1) is 0 Å². The van der Waals surface area contributed by atoms with Crippen LogP contribution in [-0.4, -0.2) is 24.5 Å². The van der Waals surface area contributed by atoms with Crippen LogP contribution in [0.2, 0.25) is 0 Å². The van der Waals surface area contributed by atoms with Crippen LogP contribution >= 0.6 is 0 Å². The van der Waals surface area contributed by atoms with Gasteiger partial charge in [-0.1, -0.05) is 25.1 Å². The Hall–Kier alpha value is -3.14. The van der Waals surface area contributed by atoms with E-state index in [4.69, 9.17) is 5.73 Å². The fraction of sp³-hybridized carbons (Fsp3) is 0.381. The number of nitriles is 3. The second-order valence-corrected chi connectivity index (χ2v) is 6.99. The lowest BCUT2D eigenvalue weighted by atomic mass is 9.58. The summed E-state index contributed by atoms with van der Waals surface area (Å²) < 4.78 is 13.5. The summed E-state index contributed by atoms with van der Waals surface area (Å²) >= 11 is 0. The van der Waals surface area contributed by atoms with Crippen LogP contribution < -0.4 is 5.73 Å². The predicted molar refractivity (Wildman–Crippen MR) is 97.9 cm³/mol. The molecule has 1 heterocycles. The topological polar surface area (TPSA) is 101 Å². The maximum Gasteiger partial charge on any atom is 0.191 e. The van der Waals surface area contributed by atoms with E-state index in [0.717, 1.165) is 18.5 Å². The lowest BCUT2D eigenvalue weighted by Gasteiger charge is -2.45. The Morgan fingerprint density at radius 3 is 2.44 bits per heavy atom. The van der Waals surface area contributed by atoms with Crippen molar-refractivity contribution >= 4 is 0 Å². The number of fused-ring (bicyclic) bond motifs is 1. The summed E-state index contributed by atoms with van der Waals surface area (Å²) in [6, 6.07) is 12.1. The highest BCUT2D eigenvalue weighted by Gasteiger charge is 2.54. The van der Waals surface area contributed by atoms with Crippen LogP contribution in [0.1, 0.15) is 24.8 Å². The molecule has 2 atom stereocenters. The number of nitrogens with zero attached hydrogens (tertiary/aromatic N) is 4. The zero-order valence-electron chi connectivity index (χ0n) is 15.1. The zero-order chi connectivity index (χ0) is 19.6. The van der Waals surface area contributed by atoms with E-state index in [1.165, 1.54) is 12.1 Å². The first kappa shape index (κ1) is 18.6. The van der Waals surface area contributed by atoms with Crippen LogP contribution in [0, 0.1) is 51.1 Å². The summed E-state index contributed by atoms with van der Waals surface area (Å²) in [5.41, 5.74) is 6.26. The van der Waals surface area contributed by atoms with Crippen LogP contribution in [-0.2, 0) is 0 Å². The molecule has 0 spiro atoms. The van der Waals surface area contributed by atoms with Crippen molar-refractivity contribution in [3.63, 3.8) is 0 Å². The van der Waals surface area contributed by atoms with Crippen molar-refractivity contribution < 1.29 is 4.39 Å². The van der Waals surface area contributed by atoms with E-state index < -0.39 is 11.3 Å². The highest BCUT2D eigenvalue weighted by molar-refractivity contribution is 5.59. The average molecular weight is 361 g/mol. The van der Waals surface area contributed by atoms with Gasteiger partial charge in [-0.25, -0.2) is 4.39 Å². The Morgan fingerprint density at radius 1 is 1.22 bits per heavy atom. The van der Waals surface area contributed by atoms with Crippen molar-refractivity contribution in [2.24, 2.45) is 17.1 Å². The molecule has 0 bridgehead atoms. The van der Waals surface area contributed by atoms with Crippen molar-refractivity contribution in [3.05, 3.63) is 58.6 Å². The van der Waals surface area contributed by atoms with Crippen LogP contribution in [0.5, 0.6) is 0 Å². The van der Waals surface area contributed by atoms with E-state index >= 15 is 0 Å². The van der Waals surface area contributed by atoms with E-state index in [2.05, 4.69) is 30.0 Å². The van der Waals surface area contributed by atoms with E-state index in [-0.39, 0.29) is 23.0 Å². The molecule has 0 saturated carbocycles. The van der Waals surface area contributed by atoms with Gasteiger partial charge in [0.05, 0.1) is 23.4 Å². The molecule has 0 aromatic heterocycles. The van der Waals surface area contributed by atoms with Gasteiger partial charge < -0.3 is 5.73 Å². The number of allylic oxidation sites excluding steroid dienone is 2. The Balaban J connectivity index is 2.25. The molecule has 6 heteroatoms. The van der Waals surface area contributed by atoms with Crippen molar-refractivity contribution in [3.8, 4) is 18.2 Å². The highest BCUT2D eigenvalue weighted by atomic mass is 19.1. The molecule has 0 saturated heterocycles. The molecular weight excluding hydrogens is 341 g/mol. The quantitative estimate of drug-likeness (QED) is 0.892. The molecule has 27 heavy (non-hydrogen) atoms. The monoisotopic (exact) mass is 361 g/mol. The van der Waals surface area contributed by atoms with E-state index in [9.17, 15) is 20.2 Å². The maximum atomic E-state index is 13.5. The van der Waals surface area contributed by atoms with Crippen molar-refractivity contribution in [1.82, 2.24) is 4.90 Å². The normalized spacial score (nSPS) is 24.2. The summed E-state index contributed by atoms with van der Waals surface area (Å²) in [5, 5.41) is 29.6. The van der Waals surface area contributed by atoms with Gasteiger partial charge in [-0.05, 0) is 36.2 Å². The molecule has 2 aliphatic rings. The molecule has 1 aliphatic heterocycles. The molecule has 1 aromatic rings. The molecule has 5 nitrogen and oxygen atoms in total. The second kappa shape index (κ2) is 7.23. The minimum atomic E-state index is -1.67. The van der Waals surface area contributed by atoms with Gasteiger partial charge in [0.1, 0.15) is 11.9 Å². The van der Waals surface area contributed by atoms with E-state index in [1.54, 1.807) is 12.1 Å². The van der Waals surface area contributed by atoms with Crippen LogP contribution in [0.25, 0.3) is 0 Å². The number of halogens is 1. The van der Waals surface area contributed by atoms with Gasteiger partial charge in [-0.2, -0.15) is 15.8 Å². The van der Waals surface area contributed by atoms with Gasteiger partial charge in [0.25, 0.3) is 0 Å². The molecule has 0 radical (unpaired) electrons. The SMILES string of the molecule is CCCN1CC=C2C(C#N)=C(N)C(C#N)(C#N)[C@@H](c3ccc(F)cc3)[C@@H]2C1. The third kappa shape index (κ3) is 2.87. The molecule has 0 fully saturated rings. The van der Waals surface area contributed by atoms with Crippen molar-refractivity contribution in [2.75, 3.05) is 19.6 Å². The molecular formula is C21H20FN5. The van der Waals surface area contributed by atoms with Gasteiger partial charge in [0.2, 0.25) is 0 Å². The third-order valence-corrected chi connectivity index (χ3v) is 5.51. The van der Waals surface area contributed by atoms with Crippen molar-refractivity contribution in [1.29, 1.82) is 15.8 Å². The lowest BCUT2D eigenvalue weighted by molar-refractivity contribution is 0.207. The first-order valence-electron chi connectivity index (χ1n) is 8.93. The van der Waals surface area contributed by atoms with Gasteiger partial charge in [0, 0.05) is 24.9 Å². The van der Waals surface area contributed by atoms with Gasteiger partial charge in [-0.3, -0.25) is 4.90 Å². The molecule has 0 unspecified atom stereocenters. The number of nitrogens with two attached hydrogens (primary N) is 1. The highest BCUT2D eigenvalue weighted by Crippen LogP contribution is 2.54. The standard InChI is InChI=1S/C21H20FN5/c1-2-8-27-9-7-16-17(10-23)20(26)21(12-24,13-25)19(18(16)11-27)14-3-5-15(22)6-4-14/h3-7,18-19H,2,8-9,11,26H2,1H3/t18-,19+/m1/s1.